The summed E-state index contributed by atoms with van der Waals surface area (Å²) in [5.74, 6) is 0.795. The molecule has 8 rings (SSSR count). The van der Waals surface area contributed by atoms with Crippen LogP contribution in [0.15, 0.2) is 146 Å². The van der Waals surface area contributed by atoms with Gasteiger partial charge in [-0.05, 0) is 81.6 Å². The van der Waals surface area contributed by atoms with Gasteiger partial charge in [-0.15, -0.1) is 11.8 Å². The number of sulfone groups is 2. The smallest absolute Gasteiger partial charge is 0.209 e. The van der Waals surface area contributed by atoms with E-state index in [2.05, 4.69) is 103 Å². The van der Waals surface area contributed by atoms with E-state index in [9.17, 15) is 26.4 Å². The van der Waals surface area contributed by atoms with Gasteiger partial charge in [-0.1, -0.05) is 149 Å². The van der Waals surface area contributed by atoms with Crippen LogP contribution in [0.5, 0.6) is 0 Å². The molecule has 61 heavy (non-hydrogen) atoms. The maximum absolute atomic E-state index is 13.2. The fourth-order valence-corrected chi connectivity index (χ4v) is 12.7. The summed E-state index contributed by atoms with van der Waals surface area (Å²) in [5, 5.41) is 0.116. The van der Waals surface area contributed by atoms with E-state index in [0.29, 0.717) is 10.6 Å². The second-order valence-electron chi connectivity index (χ2n) is 16.5. The van der Waals surface area contributed by atoms with Crippen molar-refractivity contribution in [2.75, 3.05) is 0 Å². The number of rotatable bonds is 4. The molecule has 0 aromatic heterocycles. The van der Waals surface area contributed by atoms with E-state index in [1.54, 1.807) is 36.4 Å². The fraction of sp³-hybridized carbons (Fsp3) is 0.208. The fourth-order valence-electron chi connectivity index (χ4n) is 6.72. The normalized spacial score (nSPS) is 14.5. The van der Waals surface area contributed by atoms with Gasteiger partial charge in [0.25, 0.3) is 0 Å². The van der Waals surface area contributed by atoms with Crippen molar-refractivity contribution in [3.8, 4) is 0 Å². The summed E-state index contributed by atoms with van der Waals surface area (Å²) in [7, 11) is -7.68. The number of carbonyl (C=O) groups is 2. The summed E-state index contributed by atoms with van der Waals surface area (Å²) in [6.07, 6.45) is 0. The highest BCUT2D eigenvalue weighted by molar-refractivity contribution is 7.98. The third-order valence-electron chi connectivity index (χ3n) is 10.2. The highest BCUT2D eigenvalue weighted by Crippen LogP contribution is 2.44. The van der Waals surface area contributed by atoms with E-state index in [-0.39, 0.29) is 79.3 Å². The molecule has 2 heterocycles. The third-order valence-corrected chi connectivity index (χ3v) is 17.0. The van der Waals surface area contributed by atoms with Crippen molar-refractivity contribution >= 4 is 90.4 Å². The van der Waals surface area contributed by atoms with Gasteiger partial charge < -0.3 is 0 Å². The standard InChI is InChI=1S/C24H21ClO3S2.C13H6Cl2O3S.C11H16S/c1-24(2,3)16-10-8-15(9-11-16)14-29-19-13-12-18-22(26)17-6-4-5-7-20(17)30(27,28)23(18)21(19)25;14-9-6-5-8-12(16)7-3-1-2-4-10(7)19(17,18)13(8)11(9)15;1-11(2,3)10-6-4-9(8-12)5-7-10/h4-13H,14H2,1-3H3;1-6H;4-7,12H,8H2,1-3H3. The van der Waals surface area contributed by atoms with Crippen molar-refractivity contribution in [3.05, 3.63) is 181 Å². The topological polar surface area (TPSA) is 102 Å². The van der Waals surface area contributed by atoms with Gasteiger partial charge in [-0.3, -0.25) is 9.59 Å². The van der Waals surface area contributed by atoms with Crippen molar-refractivity contribution in [1.82, 2.24) is 0 Å². The monoisotopic (exact) mass is 948 g/mol. The molecule has 0 saturated carbocycles. The number of halogens is 3. The van der Waals surface area contributed by atoms with Crippen LogP contribution in [-0.2, 0) is 42.0 Å². The van der Waals surface area contributed by atoms with E-state index in [1.807, 2.05) is 0 Å². The zero-order chi connectivity index (χ0) is 44.7. The molecule has 316 valence electrons. The number of hydrogen-bond donors (Lipinski definition) is 1. The molecule has 6 aromatic rings. The molecule has 0 amide bonds. The molecule has 2 aliphatic heterocycles. The SMILES string of the molecule is CC(C)(C)c1ccc(CS)cc1.CC(C)(C)c1ccc(CSc2ccc3c(c2Cl)S(=O)(=O)c2ccccc2C3=O)cc1.O=C1c2ccccc2S(=O)(=O)c2c1ccc(Cl)c2Cl. The number of fused-ring (bicyclic) bond motifs is 4. The second-order valence-corrected chi connectivity index (χ2v) is 22.7. The Bertz CT molecular complexity index is 2900. The lowest BCUT2D eigenvalue weighted by Crippen LogP contribution is -2.20. The highest BCUT2D eigenvalue weighted by Gasteiger charge is 2.38. The van der Waals surface area contributed by atoms with Crippen LogP contribution in [-0.4, -0.2) is 28.4 Å². The first-order valence-corrected chi connectivity index (χ1v) is 24.8. The molecule has 0 fully saturated rings. The van der Waals surface area contributed by atoms with Crippen LogP contribution in [0, 0.1) is 0 Å². The first kappa shape index (κ1) is 46.6. The summed E-state index contributed by atoms with van der Waals surface area (Å²) in [4.78, 5) is 25.5. The lowest BCUT2D eigenvalue weighted by atomic mass is 9.87. The van der Waals surface area contributed by atoms with E-state index >= 15 is 0 Å². The number of benzene rings is 6. The van der Waals surface area contributed by atoms with Crippen LogP contribution < -0.4 is 0 Å². The zero-order valence-corrected chi connectivity index (χ0v) is 39.8. The van der Waals surface area contributed by atoms with Crippen molar-refractivity contribution in [2.24, 2.45) is 0 Å². The maximum atomic E-state index is 13.2. The number of hydrogen-bond acceptors (Lipinski definition) is 8. The van der Waals surface area contributed by atoms with E-state index < -0.39 is 19.7 Å². The van der Waals surface area contributed by atoms with Crippen LogP contribution in [0.3, 0.4) is 0 Å². The van der Waals surface area contributed by atoms with Gasteiger partial charge in [0.1, 0.15) is 9.79 Å². The zero-order valence-electron chi connectivity index (χ0n) is 34.2. The summed E-state index contributed by atoms with van der Waals surface area (Å²) in [6, 6.07) is 35.5. The first-order valence-electron chi connectivity index (χ1n) is 19.1. The third kappa shape index (κ3) is 9.56. The minimum absolute atomic E-state index is 0.0179. The van der Waals surface area contributed by atoms with E-state index in [0.717, 1.165) is 11.3 Å². The predicted octanol–water partition coefficient (Wildman–Crippen LogP) is 13.1. The molecule has 0 bridgehead atoms. The van der Waals surface area contributed by atoms with Crippen LogP contribution >= 0.6 is 59.2 Å². The molecule has 2 aliphatic rings. The van der Waals surface area contributed by atoms with Crippen molar-refractivity contribution in [2.45, 2.75) is 88.4 Å². The van der Waals surface area contributed by atoms with Crippen LogP contribution in [0.4, 0.5) is 0 Å². The van der Waals surface area contributed by atoms with Crippen molar-refractivity contribution in [1.29, 1.82) is 0 Å². The average molecular weight is 950 g/mol. The molecular formula is C48H43Cl3O6S4. The Balaban J connectivity index is 0.000000171. The summed E-state index contributed by atoms with van der Waals surface area (Å²) >= 11 is 24.0. The van der Waals surface area contributed by atoms with Gasteiger partial charge in [0.2, 0.25) is 19.7 Å². The number of carbonyl (C=O) groups excluding carboxylic acids is 2. The first-order chi connectivity index (χ1) is 28.6. The van der Waals surface area contributed by atoms with E-state index in [1.165, 1.54) is 64.9 Å². The van der Waals surface area contributed by atoms with Gasteiger partial charge in [-0.2, -0.15) is 12.6 Å². The van der Waals surface area contributed by atoms with Crippen molar-refractivity contribution in [3.63, 3.8) is 0 Å². The molecule has 0 spiro atoms. The highest BCUT2D eigenvalue weighted by atomic mass is 35.5. The van der Waals surface area contributed by atoms with Gasteiger partial charge in [0.15, 0.2) is 11.6 Å². The minimum atomic E-state index is -3.86. The molecule has 6 nitrogen and oxygen atoms in total. The van der Waals surface area contributed by atoms with Gasteiger partial charge in [0, 0.05) is 38.7 Å². The largest absolute Gasteiger partial charge is 0.289 e. The number of thioether (sulfide) groups is 1. The average Bonchev–Trinajstić information content (AvgIpc) is 3.22. The Hall–Kier alpha value is -3.87. The van der Waals surface area contributed by atoms with Crippen LogP contribution in [0.25, 0.3) is 0 Å². The Morgan fingerprint density at radius 2 is 0.918 bits per heavy atom. The Labute approximate surface area is 383 Å². The van der Waals surface area contributed by atoms with Crippen LogP contribution in [0.2, 0.25) is 15.1 Å². The molecular weight excluding hydrogens is 907 g/mol. The maximum Gasteiger partial charge on any atom is 0.209 e. The van der Waals surface area contributed by atoms with Gasteiger partial charge in [-0.25, -0.2) is 16.8 Å². The number of thiol groups is 1. The molecule has 0 atom stereocenters. The quantitative estimate of drug-likeness (QED) is 0.138. The molecule has 0 saturated heterocycles. The molecule has 6 aromatic carbocycles. The Morgan fingerprint density at radius 3 is 1.36 bits per heavy atom. The molecule has 0 N–H and O–H groups in total. The summed E-state index contributed by atoms with van der Waals surface area (Å²) in [5.41, 5.74) is 5.94. The second kappa shape index (κ2) is 18.1. The lowest BCUT2D eigenvalue weighted by Gasteiger charge is -2.21. The molecule has 0 radical (unpaired) electrons. The lowest BCUT2D eigenvalue weighted by molar-refractivity contribution is 0.102. The molecule has 0 aliphatic carbocycles. The molecule has 13 heteroatoms. The Morgan fingerprint density at radius 1 is 0.508 bits per heavy atom. The Kier molecular flexibility index (Phi) is 13.8. The van der Waals surface area contributed by atoms with Crippen LogP contribution in [0.1, 0.15) is 95.6 Å². The molecule has 0 unspecified atom stereocenters. The van der Waals surface area contributed by atoms with Crippen molar-refractivity contribution < 1.29 is 26.4 Å². The van der Waals surface area contributed by atoms with E-state index in [4.69, 9.17) is 34.8 Å². The summed E-state index contributed by atoms with van der Waals surface area (Å²) in [6.45, 7) is 13.2. The van der Waals surface area contributed by atoms with Gasteiger partial charge >= 0.3 is 0 Å². The predicted molar refractivity (Wildman–Crippen MR) is 251 cm³/mol. The minimum Gasteiger partial charge on any atom is -0.289 e. The van der Waals surface area contributed by atoms with Gasteiger partial charge in [0.05, 0.1) is 24.9 Å². The number of ketones is 2. The summed E-state index contributed by atoms with van der Waals surface area (Å²) < 4.78 is 51.4.